The average molecular weight is 415 g/mol. The van der Waals surface area contributed by atoms with Gasteiger partial charge in [0.05, 0.1) is 6.04 Å². The topological polar surface area (TPSA) is 15.3 Å². The van der Waals surface area contributed by atoms with Crippen LogP contribution in [0.2, 0.25) is 0 Å². The Kier molecular flexibility index (Phi) is 5.43. The van der Waals surface area contributed by atoms with E-state index in [1.54, 1.807) is 0 Å². The molecule has 0 spiro atoms. The third kappa shape index (κ3) is 3.76. The van der Waals surface area contributed by atoms with E-state index in [9.17, 15) is 4.39 Å². The lowest BCUT2D eigenvalue weighted by Gasteiger charge is -2.44. The van der Waals surface area contributed by atoms with Crippen molar-refractivity contribution >= 4 is 11.3 Å². The molecule has 0 unspecified atom stereocenters. The van der Waals surface area contributed by atoms with Crippen molar-refractivity contribution in [1.29, 1.82) is 0 Å². The second-order valence-corrected chi connectivity index (χ2v) is 9.07. The highest BCUT2D eigenvalue weighted by atomic mass is 19.1. The summed E-state index contributed by atoms with van der Waals surface area (Å²) in [6.45, 7) is 7.62. The van der Waals surface area contributed by atoms with Crippen molar-refractivity contribution in [2.75, 3.05) is 18.4 Å². The summed E-state index contributed by atoms with van der Waals surface area (Å²) in [6, 6.07) is 10.2. The lowest BCUT2D eigenvalue weighted by atomic mass is 9.84. The minimum atomic E-state index is -1.48. The summed E-state index contributed by atoms with van der Waals surface area (Å²) >= 11 is 0. The van der Waals surface area contributed by atoms with Crippen LogP contribution in [0.3, 0.4) is 0 Å². The molecular formula is C25H29F3N2. The van der Waals surface area contributed by atoms with E-state index in [2.05, 4.69) is 17.4 Å². The Morgan fingerprint density at radius 3 is 2.43 bits per heavy atom. The molecule has 2 atom stereocenters. The van der Waals surface area contributed by atoms with Crippen molar-refractivity contribution in [3.63, 3.8) is 0 Å². The summed E-state index contributed by atoms with van der Waals surface area (Å²) in [5.74, 6) is -1.18. The SMILES string of the molecule is CCNc1cc(F)c([C@@H]2C3=C(C[C@@H](C)N2CC(C)(C)F)c2ccccc2C3)c(F)c1. The first kappa shape index (κ1) is 21.0. The normalized spacial score (nSPS) is 21.6. The van der Waals surface area contributed by atoms with Crippen LogP contribution in [0.5, 0.6) is 0 Å². The molecule has 5 heteroatoms. The summed E-state index contributed by atoms with van der Waals surface area (Å²) in [5.41, 5.74) is 3.44. The Bertz CT molecular complexity index is 967. The average Bonchev–Trinajstić information content (AvgIpc) is 3.01. The summed E-state index contributed by atoms with van der Waals surface area (Å²) in [4.78, 5) is 1.94. The van der Waals surface area contributed by atoms with E-state index in [1.165, 1.54) is 31.5 Å². The van der Waals surface area contributed by atoms with Gasteiger partial charge in [-0.3, -0.25) is 4.90 Å². The number of fused-ring (bicyclic) bond motifs is 2. The third-order valence-corrected chi connectivity index (χ3v) is 6.13. The van der Waals surface area contributed by atoms with Crippen LogP contribution in [0, 0.1) is 11.6 Å². The number of hydrogen-bond acceptors (Lipinski definition) is 2. The molecule has 1 aliphatic carbocycles. The van der Waals surface area contributed by atoms with Gasteiger partial charge in [0.1, 0.15) is 17.3 Å². The van der Waals surface area contributed by atoms with Crippen molar-refractivity contribution in [2.24, 2.45) is 0 Å². The van der Waals surface area contributed by atoms with E-state index in [4.69, 9.17) is 0 Å². The Balaban J connectivity index is 1.87. The molecule has 0 saturated heterocycles. The van der Waals surface area contributed by atoms with Gasteiger partial charge in [0.2, 0.25) is 0 Å². The van der Waals surface area contributed by atoms with E-state index in [0.717, 1.165) is 23.1 Å². The maximum atomic E-state index is 15.3. The summed E-state index contributed by atoms with van der Waals surface area (Å²) in [5, 5.41) is 2.97. The standard InChI is InChI=1S/C25H29F3N2/c1-5-29-17-12-21(26)23(22(27)13-17)24-20-11-16-8-6-7-9-18(16)19(20)10-15(2)30(24)14-25(3,4)28/h6-9,12-13,15,24,29H,5,10-11,14H2,1-4H3/t15-,24+/m1/s1. The van der Waals surface area contributed by atoms with Gasteiger partial charge in [0, 0.05) is 30.4 Å². The predicted octanol–water partition coefficient (Wildman–Crippen LogP) is 6.29. The molecule has 1 N–H and O–H groups in total. The van der Waals surface area contributed by atoms with Gasteiger partial charge in [-0.25, -0.2) is 13.2 Å². The zero-order valence-corrected chi connectivity index (χ0v) is 18.0. The number of alkyl halides is 1. The number of hydrogen-bond donors (Lipinski definition) is 1. The van der Waals surface area contributed by atoms with Gasteiger partial charge >= 0.3 is 0 Å². The van der Waals surface area contributed by atoms with Gasteiger partial charge in [-0.15, -0.1) is 0 Å². The fourth-order valence-corrected chi connectivity index (χ4v) is 5.00. The lowest BCUT2D eigenvalue weighted by Crippen LogP contribution is -2.47. The van der Waals surface area contributed by atoms with Crippen molar-refractivity contribution < 1.29 is 13.2 Å². The fourth-order valence-electron chi connectivity index (χ4n) is 5.00. The van der Waals surface area contributed by atoms with Crippen LogP contribution in [-0.4, -0.2) is 29.7 Å². The number of halogens is 3. The molecule has 0 amide bonds. The molecule has 0 bridgehead atoms. The van der Waals surface area contributed by atoms with Crippen LogP contribution in [0.15, 0.2) is 42.0 Å². The Morgan fingerprint density at radius 2 is 1.80 bits per heavy atom. The summed E-state index contributed by atoms with van der Waals surface area (Å²) < 4.78 is 45.4. The van der Waals surface area contributed by atoms with Gasteiger partial charge in [-0.2, -0.15) is 0 Å². The molecule has 2 aliphatic rings. The maximum Gasteiger partial charge on any atom is 0.133 e. The molecular weight excluding hydrogens is 385 g/mol. The third-order valence-electron chi connectivity index (χ3n) is 6.13. The monoisotopic (exact) mass is 414 g/mol. The van der Waals surface area contributed by atoms with Gasteiger partial charge in [-0.1, -0.05) is 24.3 Å². The van der Waals surface area contributed by atoms with E-state index in [1.807, 2.05) is 30.9 Å². The smallest absolute Gasteiger partial charge is 0.133 e. The quantitative estimate of drug-likeness (QED) is 0.619. The minimum absolute atomic E-state index is 0.0211. The molecule has 1 aliphatic heterocycles. The predicted molar refractivity (Wildman–Crippen MR) is 116 cm³/mol. The Morgan fingerprint density at radius 1 is 1.13 bits per heavy atom. The van der Waals surface area contributed by atoms with E-state index in [0.29, 0.717) is 18.7 Å². The fraction of sp³-hybridized carbons (Fsp3) is 0.440. The number of nitrogens with one attached hydrogen (secondary N) is 1. The van der Waals surface area contributed by atoms with Crippen LogP contribution in [0.25, 0.3) is 5.57 Å². The van der Waals surface area contributed by atoms with Crippen LogP contribution >= 0.6 is 0 Å². The molecule has 0 radical (unpaired) electrons. The molecule has 0 saturated carbocycles. The number of anilines is 1. The molecule has 0 aromatic heterocycles. The lowest BCUT2D eigenvalue weighted by molar-refractivity contribution is 0.0677. The number of rotatable bonds is 5. The molecule has 2 aromatic rings. The largest absolute Gasteiger partial charge is 0.385 e. The molecule has 30 heavy (non-hydrogen) atoms. The summed E-state index contributed by atoms with van der Waals surface area (Å²) in [7, 11) is 0. The molecule has 2 aromatic carbocycles. The highest BCUT2D eigenvalue weighted by molar-refractivity contribution is 5.79. The highest BCUT2D eigenvalue weighted by Crippen LogP contribution is 2.50. The number of nitrogens with zero attached hydrogens (tertiary/aromatic N) is 1. The van der Waals surface area contributed by atoms with Crippen LogP contribution in [0.4, 0.5) is 18.9 Å². The minimum Gasteiger partial charge on any atom is -0.385 e. The van der Waals surface area contributed by atoms with Crippen molar-refractivity contribution in [1.82, 2.24) is 4.90 Å². The maximum absolute atomic E-state index is 15.3. The van der Waals surface area contributed by atoms with Crippen molar-refractivity contribution in [3.8, 4) is 0 Å². The summed E-state index contributed by atoms with van der Waals surface area (Å²) in [6.07, 6.45) is 1.39. The van der Waals surface area contributed by atoms with Crippen molar-refractivity contribution in [2.45, 2.75) is 58.3 Å². The zero-order chi connectivity index (χ0) is 21.6. The van der Waals surface area contributed by atoms with E-state index >= 15 is 8.78 Å². The molecule has 2 nitrogen and oxygen atoms in total. The molecule has 1 heterocycles. The second kappa shape index (κ2) is 7.77. The Labute approximate surface area is 176 Å². The first-order valence-electron chi connectivity index (χ1n) is 10.7. The van der Waals surface area contributed by atoms with Crippen LogP contribution in [-0.2, 0) is 6.42 Å². The molecule has 0 fully saturated rings. The van der Waals surface area contributed by atoms with Crippen LogP contribution in [0.1, 0.15) is 56.8 Å². The number of benzene rings is 2. The zero-order valence-electron chi connectivity index (χ0n) is 18.0. The Hall–Kier alpha value is -2.27. The van der Waals surface area contributed by atoms with Gasteiger partial charge in [0.15, 0.2) is 0 Å². The first-order valence-corrected chi connectivity index (χ1v) is 10.7. The van der Waals surface area contributed by atoms with Crippen LogP contribution < -0.4 is 5.32 Å². The van der Waals surface area contributed by atoms with Crippen molar-refractivity contribution in [3.05, 3.63) is 70.3 Å². The first-order chi connectivity index (χ1) is 14.2. The second-order valence-electron chi connectivity index (χ2n) is 9.07. The van der Waals surface area contributed by atoms with E-state index in [-0.39, 0.29) is 18.2 Å². The molecule has 160 valence electrons. The molecule has 4 rings (SSSR count). The van der Waals surface area contributed by atoms with Gasteiger partial charge in [-0.05, 0) is 74.9 Å². The van der Waals surface area contributed by atoms with E-state index < -0.39 is 23.3 Å². The highest BCUT2D eigenvalue weighted by Gasteiger charge is 2.42. The van der Waals surface area contributed by atoms with Gasteiger partial charge < -0.3 is 5.32 Å². The van der Waals surface area contributed by atoms with Gasteiger partial charge in [0.25, 0.3) is 0 Å².